The van der Waals surface area contributed by atoms with Crippen LogP contribution in [0, 0.1) is 0 Å². The van der Waals surface area contributed by atoms with E-state index in [1.807, 2.05) is 0 Å². The zero-order valence-corrected chi connectivity index (χ0v) is 10.4. The van der Waals surface area contributed by atoms with Crippen LogP contribution >= 0.6 is 11.3 Å². The number of benzene rings is 1. The van der Waals surface area contributed by atoms with Crippen LogP contribution < -0.4 is 11.1 Å². The van der Waals surface area contributed by atoms with Crippen molar-refractivity contribution in [1.82, 2.24) is 20.2 Å². The zero-order chi connectivity index (χ0) is 13.2. The normalized spacial score (nSPS) is 10.5. The number of hydrogen-bond acceptors (Lipinski definition) is 7. The molecule has 0 saturated heterocycles. The van der Waals surface area contributed by atoms with Crippen molar-refractivity contribution in [1.29, 1.82) is 0 Å². The van der Waals surface area contributed by atoms with Gasteiger partial charge in [0.15, 0.2) is 5.13 Å². The van der Waals surface area contributed by atoms with Crippen molar-refractivity contribution in [3.8, 4) is 0 Å². The van der Waals surface area contributed by atoms with Gasteiger partial charge < -0.3 is 5.73 Å². The van der Waals surface area contributed by atoms with Gasteiger partial charge in [0.05, 0.1) is 22.6 Å². The van der Waals surface area contributed by atoms with Gasteiger partial charge in [0.2, 0.25) is 5.95 Å². The van der Waals surface area contributed by atoms with Gasteiger partial charge in [0.25, 0.3) is 5.91 Å². The molecule has 0 aliphatic heterocycles. The highest BCUT2D eigenvalue weighted by atomic mass is 32.1. The molecule has 1 amide bonds. The number of carbonyl (C=O) groups excluding carboxylic acids is 1. The first-order chi connectivity index (χ1) is 9.22. The summed E-state index contributed by atoms with van der Waals surface area (Å²) in [4.78, 5) is 20.0. The SMILES string of the molecule is Nc1nc2ccc(C(=O)Nc3nccnn3)cc2s1. The second-order valence-electron chi connectivity index (χ2n) is 3.66. The molecular weight excluding hydrogens is 264 g/mol. The number of nitrogens with zero attached hydrogens (tertiary/aromatic N) is 4. The fourth-order valence-corrected chi connectivity index (χ4v) is 2.34. The molecule has 94 valence electrons. The van der Waals surface area contributed by atoms with E-state index in [9.17, 15) is 4.79 Å². The molecule has 7 nitrogen and oxygen atoms in total. The molecule has 8 heteroatoms. The van der Waals surface area contributed by atoms with Crippen LogP contribution in [0.25, 0.3) is 10.2 Å². The van der Waals surface area contributed by atoms with Gasteiger partial charge in [-0.05, 0) is 18.2 Å². The maximum Gasteiger partial charge on any atom is 0.258 e. The van der Waals surface area contributed by atoms with Crippen molar-refractivity contribution in [2.75, 3.05) is 11.1 Å². The number of fused-ring (bicyclic) bond motifs is 1. The van der Waals surface area contributed by atoms with E-state index in [2.05, 4.69) is 25.5 Å². The van der Waals surface area contributed by atoms with E-state index in [-0.39, 0.29) is 11.9 Å². The summed E-state index contributed by atoms with van der Waals surface area (Å²) in [5.41, 5.74) is 6.88. The summed E-state index contributed by atoms with van der Waals surface area (Å²) in [5.74, 6) is -0.140. The van der Waals surface area contributed by atoms with Crippen LogP contribution in [0.2, 0.25) is 0 Å². The van der Waals surface area contributed by atoms with Crippen molar-refractivity contribution < 1.29 is 4.79 Å². The number of anilines is 2. The Bertz CT molecular complexity index is 741. The van der Waals surface area contributed by atoms with Gasteiger partial charge in [0, 0.05) is 5.56 Å². The molecule has 0 spiro atoms. The minimum absolute atomic E-state index is 0.163. The third-order valence-electron chi connectivity index (χ3n) is 2.38. The Hall–Kier alpha value is -2.61. The molecule has 0 atom stereocenters. The van der Waals surface area contributed by atoms with Crippen LogP contribution in [0.4, 0.5) is 11.1 Å². The summed E-state index contributed by atoms with van der Waals surface area (Å²) >= 11 is 1.33. The Morgan fingerprint density at radius 3 is 3.00 bits per heavy atom. The number of nitrogens with one attached hydrogen (secondary N) is 1. The van der Waals surface area contributed by atoms with Crippen LogP contribution in [0.5, 0.6) is 0 Å². The Kier molecular flexibility index (Phi) is 2.76. The van der Waals surface area contributed by atoms with Gasteiger partial charge in [-0.15, -0.1) is 5.10 Å². The number of amides is 1. The lowest BCUT2D eigenvalue weighted by atomic mass is 10.2. The van der Waals surface area contributed by atoms with E-state index in [0.29, 0.717) is 10.7 Å². The summed E-state index contributed by atoms with van der Waals surface area (Å²) in [6.07, 6.45) is 2.89. The first-order valence-corrected chi connectivity index (χ1v) is 6.15. The lowest BCUT2D eigenvalue weighted by molar-refractivity contribution is 0.102. The number of thiazole rings is 1. The maximum absolute atomic E-state index is 12.0. The average molecular weight is 272 g/mol. The fourth-order valence-electron chi connectivity index (χ4n) is 1.56. The average Bonchev–Trinajstić information content (AvgIpc) is 2.78. The van der Waals surface area contributed by atoms with E-state index in [1.54, 1.807) is 18.2 Å². The summed E-state index contributed by atoms with van der Waals surface area (Å²) < 4.78 is 0.859. The highest BCUT2D eigenvalue weighted by Crippen LogP contribution is 2.24. The minimum atomic E-state index is -0.304. The van der Waals surface area contributed by atoms with Gasteiger partial charge in [-0.1, -0.05) is 11.3 Å². The molecule has 0 unspecified atom stereocenters. The molecular formula is C11H8N6OS. The van der Waals surface area contributed by atoms with E-state index in [0.717, 1.165) is 10.2 Å². The largest absolute Gasteiger partial charge is 0.375 e. The van der Waals surface area contributed by atoms with Crippen LogP contribution in [0.1, 0.15) is 10.4 Å². The maximum atomic E-state index is 12.0. The number of aromatic nitrogens is 4. The predicted molar refractivity (Wildman–Crippen MR) is 71.8 cm³/mol. The van der Waals surface area contributed by atoms with Crippen molar-refractivity contribution in [2.24, 2.45) is 0 Å². The Morgan fingerprint density at radius 1 is 1.32 bits per heavy atom. The smallest absolute Gasteiger partial charge is 0.258 e. The molecule has 3 rings (SSSR count). The topological polar surface area (TPSA) is 107 Å². The Balaban J connectivity index is 1.89. The molecule has 2 heterocycles. The van der Waals surface area contributed by atoms with E-state index < -0.39 is 0 Å². The van der Waals surface area contributed by atoms with Crippen molar-refractivity contribution >= 4 is 38.5 Å². The Labute approximate surface area is 111 Å². The molecule has 0 radical (unpaired) electrons. The summed E-state index contributed by atoms with van der Waals surface area (Å²) in [7, 11) is 0. The van der Waals surface area contributed by atoms with Crippen LogP contribution in [-0.4, -0.2) is 26.1 Å². The van der Waals surface area contributed by atoms with Crippen LogP contribution in [0.3, 0.4) is 0 Å². The number of hydrogen-bond donors (Lipinski definition) is 2. The molecule has 0 aliphatic carbocycles. The van der Waals surface area contributed by atoms with Gasteiger partial charge >= 0.3 is 0 Å². The fraction of sp³-hybridized carbons (Fsp3) is 0. The summed E-state index contributed by atoms with van der Waals surface area (Å²) in [6, 6.07) is 5.16. The van der Waals surface area contributed by atoms with Crippen LogP contribution in [0.15, 0.2) is 30.6 Å². The van der Waals surface area contributed by atoms with Gasteiger partial charge in [0.1, 0.15) is 0 Å². The monoisotopic (exact) mass is 272 g/mol. The van der Waals surface area contributed by atoms with Crippen molar-refractivity contribution in [3.05, 3.63) is 36.2 Å². The predicted octanol–water partition coefficient (Wildman–Crippen LogP) is 1.32. The number of carbonyl (C=O) groups is 1. The number of nitrogen functional groups attached to an aromatic ring is 1. The quantitative estimate of drug-likeness (QED) is 0.728. The van der Waals surface area contributed by atoms with Gasteiger partial charge in [-0.3, -0.25) is 10.1 Å². The molecule has 0 fully saturated rings. The van der Waals surface area contributed by atoms with Gasteiger partial charge in [-0.2, -0.15) is 5.10 Å². The number of rotatable bonds is 2. The first kappa shape index (κ1) is 11.5. The minimum Gasteiger partial charge on any atom is -0.375 e. The lowest BCUT2D eigenvalue weighted by Gasteiger charge is -2.02. The molecule has 2 aromatic heterocycles. The van der Waals surface area contributed by atoms with Crippen molar-refractivity contribution in [3.63, 3.8) is 0 Å². The molecule has 3 aromatic rings. The molecule has 19 heavy (non-hydrogen) atoms. The number of nitrogens with two attached hydrogens (primary N) is 1. The van der Waals surface area contributed by atoms with E-state index >= 15 is 0 Å². The second kappa shape index (κ2) is 4.58. The third kappa shape index (κ3) is 2.33. The zero-order valence-electron chi connectivity index (χ0n) is 9.57. The summed E-state index contributed by atoms with van der Waals surface area (Å²) in [5, 5.41) is 10.4. The highest BCUT2D eigenvalue weighted by Gasteiger charge is 2.10. The second-order valence-corrected chi connectivity index (χ2v) is 4.72. The standard InChI is InChI=1S/C11H8N6OS/c12-10-15-7-2-1-6(5-8(7)19-10)9(18)16-11-13-3-4-14-17-11/h1-5H,(H2,12,15)(H,13,16,17,18). The molecule has 0 aliphatic rings. The Morgan fingerprint density at radius 2 is 2.21 bits per heavy atom. The highest BCUT2D eigenvalue weighted by molar-refractivity contribution is 7.22. The van der Waals surface area contributed by atoms with E-state index in [1.165, 1.54) is 23.7 Å². The molecule has 0 bridgehead atoms. The molecule has 0 saturated carbocycles. The molecule has 3 N–H and O–H groups in total. The third-order valence-corrected chi connectivity index (χ3v) is 3.22. The van der Waals surface area contributed by atoms with Crippen molar-refractivity contribution in [2.45, 2.75) is 0 Å². The van der Waals surface area contributed by atoms with Crippen LogP contribution in [-0.2, 0) is 0 Å². The molecule has 1 aromatic carbocycles. The lowest BCUT2D eigenvalue weighted by Crippen LogP contribution is -2.14. The first-order valence-electron chi connectivity index (χ1n) is 5.33. The van der Waals surface area contributed by atoms with E-state index in [4.69, 9.17) is 5.73 Å². The van der Waals surface area contributed by atoms with Gasteiger partial charge in [-0.25, -0.2) is 9.97 Å². The summed E-state index contributed by atoms with van der Waals surface area (Å²) in [6.45, 7) is 0.